The summed E-state index contributed by atoms with van der Waals surface area (Å²) in [5.41, 5.74) is 2.26. The summed E-state index contributed by atoms with van der Waals surface area (Å²) in [6, 6.07) is 12.3. The van der Waals surface area contributed by atoms with Crippen molar-refractivity contribution in [2.75, 3.05) is 0 Å². The molecule has 13 heavy (non-hydrogen) atoms. The Morgan fingerprint density at radius 1 is 1.00 bits per heavy atom. The standard InChI is InChI=1S/C11H8N2/c1-2-5-10-9(4-1)11-6-3-7-13(11)8-12-10/h1-8H. The van der Waals surface area contributed by atoms with E-state index in [1.165, 1.54) is 10.9 Å². The molecule has 0 radical (unpaired) electrons. The Morgan fingerprint density at radius 3 is 2.92 bits per heavy atom. The largest absolute Gasteiger partial charge is 0.307 e. The average Bonchev–Trinajstić information content (AvgIpc) is 2.65. The third-order valence-electron chi connectivity index (χ3n) is 2.28. The fourth-order valence-corrected chi connectivity index (χ4v) is 1.65. The smallest absolute Gasteiger partial charge is 0.0998 e. The van der Waals surface area contributed by atoms with E-state index in [1.807, 2.05) is 41.2 Å². The molecular formula is C11H8N2. The summed E-state index contributed by atoms with van der Waals surface area (Å²) >= 11 is 0. The molecule has 0 amide bonds. The lowest BCUT2D eigenvalue weighted by atomic mass is 10.2. The maximum atomic E-state index is 4.34. The van der Waals surface area contributed by atoms with Crippen LogP contribution in [0.15, 0.2) is 48.9 Å². The molecule has 0 bridgehead atoms. The van der Waals surface area contributed by atoms with E-state index in [1.54, 1.807) is 0 Å². The second kappa shape index (κ2) is 2.33. The fourth-order valence-electron chi connectivity index (χ4n) is 1.65. The van der Waals surface area contributed by atoms with Crippen molar-refractivity contribution in [2.24, 2.45) is 0 Å². The molecule has 2 nitrogen and oxygen atoms in total. The summed E-state index contributed by atoms with van der Waals surface area (Å²) in [4.78, 5) is 4.34. The molecule has 0 spiro atoms. The molecule has 0 atom stereocenters. The molecule has 2 heteroatoms. The molecule has 0 N–H and O–H groups in total. The topological polar surface area (TPSA) is 17.3 Å². The molecular weight excluding hydrogens is 160 g/mol. The Balaban J connectivity index is 2.65. The SMILES string of the molecule is c1ccc2c(c1)ncn1cccc21. The van der Waals surface area contributed by atoms with Gasteiger partial charge in [0.2, 0.25) is 0 Å². The summed E-state index contributed by atoms with van der Waals surface area (Å²) in [7, 11) is 0. The zero-order valence-corrected chi connectivity index (χ0v) is 7.01. The first-order chi connectivity index (χ1) is 6.45. The molecule has 0 fully saturated rings. The Labute approximate surface area is 75.5 Å². The number of fused-ring (bicyclic) bond motifs is 3. The third kappa shape index (κ3) is 0.855. The Bertz CT molecular complexity index is 566. The first kappa shape index (κ1) is 6.66. The number of aromatic nitrogens is 2. The van der Waals surface area contributed by atoms with Gasteiger partial charge in [-0.3, -0.25) is 0 Å². The van der Waals surface area contributed by atoms with Crippen LogP contribution >= 0.6 is 0 Å². The van der Waals surface area contributed by atoms with Gasteiger partial charge >= 0.3 is 0 Å². The zero-order valence-electron chi connectivity index (χ0n) is 7.01. The van der Waals surface area contributed by atoms with E-state index in [2.05, 4.69) is 17.1 Å². The van der Waals surface area contributed by atoms with Gasteiger partial charge in [0.25, 0.3) is 0 Å². The minimum absolute atomic E-state index is 1.05. The maximum absolute atomic E-state index is 4.34. The van der Waals surface area contributed by atoms with E-state index < -0.39 is 0 Å². The van der Waals surface area contributed by atoms with E-state index in [9.17, 15) is 0 Å². The molecule has 0 saturated carbocycles. The quantitative estimate of drug-likeness (QED) is 0.504. The van der Waals surface area contributed by atoms with Crippen LogP contribution < -0.4 is 0 Å². The van der Waals surface area contributed by atoms with Crippen LogP contribution in [0.1, 0.15) is 0 Å². The van der Waals surface area contributed by atoms with Gasteiger partial charge in [0.15, 0.2) is 0 Å². The maximum Gasteiger partial charge on any atom is 0.0998 e. The predicted molar refractivity (Wildman–Crippen MR) is 52.7 cm³/mol. The summed E-state index contributed by atoms with van der Waals surface area (Å²) in [6.07, 6.45) is 3.85. The molecule has 2 heterocycles. The summed E-state index contributed by atoms with van der Waals surface area (Å²) in [5.74, 6) is 0. The first-order valence-electron chi connectivity index (χ1n) is 4.25. The van der Waals surface area contributed by atoms with Gasteiger partial charge in [0.05, 0.1) is 17.4 Å². The van der Waals surface area contributed by atoms with Crippen LogP contribution in [0.2, 0.25) is 0 Å². The van der Waals surface area contributed by atoms with Crippen LogP contribution in [0, 0.1) is 0 Å². The van der Waals surface area contributed by atoms with Crippen molar-refractivity contribution in [2.45, 2.75) is 0 Å². The lowest BCUT2D eigenvalue weighted by Gasteiger charge is -1.99. The van der Waals surface area contributed by atoms with Crippen molar-refractivity contribution < 1.29 is 0 Å². The highest BCUT2D eigenvalue weighted by atomic mass is 14.9. The Kier molecular flexibility index (Phi) is 1.19. The van der Waals surface area contributed by atoms with Gasteiger partial charge in [-0.25, -0.2) is 4.98 Å². The number of benzene rings is 1. The van der Waals surface area contributed by atoms with Gasteiger partial charge in [0, 0.05) is 11.6 Å². The van der Waals surface area contributed by atoms with Gasteiger partial charge in [0.1, 0.15) is 0 Å². The van der Waals surface area contributed by atoms with Gasteiger partial charge in [-0.2, -0.15) is 0 Å². The van der Waals surface area contributed by atoms with E-state index in [-0.39, 0.29) is 0 Å². The Hall–Kier alpha value is -1.83. The molecule has 2 aromatic heterocycles. The van der Waals surface area contributed by atoms with Crippen LogP contribution in [-0.4, -0.2) is 9.38 Å². The highest BCUT2D eigenvalue weighted by molar-refractivity contribution is 5.93. The van der Waals surface area contributed by atoms with Crippen molar-refractivity contribution in [1.82, 2.24) is 9.38 Å². The van der Waals surface area contributed by atoms with Crippen LogP contribution in [0.4, 0.5) is 0 Å². The molecule has 1 aromatic carbocycles. The fraction of sp³-hybridized carbons (Fsp3) is 0. The molecule has 3 aromatic rings. The van der Waals surface area contributed by atoms with E-state index in [0.29, 0.717) is 0 Å². The molecule has 0 saturated heterocycles. The molecule has 0 aliphatic carbocycles. The molecule has 0 aliphatic heterocycles. The average molecular weight is 168 g/mol. The van der Waals surface area contributed by atoms with Gasteiger partial charge in [-0.15, -0.1) is 0 Å². The first-order valence-corrected chi connectivity index (χ1v) is 4.25. The summed E-state index contributed by atoms with van der Waals surface area (Å²) in [5, 5.41) is 1.20. The van der Waals surface area contributed by atoms with Crippen LogP contribution in [0.25, 0.3) is 16.4 Å². The molecule has 62 valence electrons. The minimum Gasteiger partial charge on any atom is -0.307 e. The van der Waals surface area contributed by atoms with Crippen LogP contribution in [0.5, 0.6) is 0 Å². The third-order valence-corrected chi connectivity index (χ3v) is 2.28. The van der Waals surface area contributed by atoms with Crippen molar-refractivity contribution in [3.8, 4) is 0 Å². The number of nitrogens with zero attached hydrogens (tertiary/aromatic N) is 2. The summed E-state index contributed by atoms with van der Waals surface area (Å²) in [6.45, 7) is 0. The number of hydrogen-bond donors (Lipinski definition) is 0. The molecule has 0 unspecified atom stereocenters. The van der Waals surface area contributed by atoms with E-state index >= 15 is 0 Å². The van der Waals surface area contributed by atoms with E-state index in [0.717, 1.165) is 5.52 Å². The normalized spacial score (nSPS) is 11.1. The van der Waals surface area contributed by atoms with Crippen molar-refractivity contribution >= 4 is 16.4 Å². The summed E-state index contributed by atoms with van der Waals surface area (Å²) < 4.78 is 2.03. The highest BCUT2D eigenvalue weighted by Gasteiger charge is 1.98. The second-order valence-corrected chi connectivity index (χ2v) is 3.06. The number of rotatable bonds is 0. The second-order valence-electron chi connectivity index (χ2n) is 3.06. The van der Waals surface area contributed by atoms with E-state index in [4.69, 9.17) is 0 Å². The zero-order chi connectivity index (χ0) is 8.67. The lowest BCUT2D eigenvalue weighted by molar-refractivity contribution is 1.13. The number of para-hydroxylation sites is 1. The monoisotopic (exact) mass is 168 g/mol. The number of hydrogen-bond acceptors (Lipinski definition) is 1. The van der Waals surface area contributed by atoms with Crippen LogP contribution in [0.3, 0.4) is 0 Å². The van der Waals surface area contributed by atoms with Crippen molar-refractivity contribution in [3.05, 3.63) is 48.9 Å². The van der Waals surface area contributed by atoms with Crippen LogP contribution in [-0.2, 0) is 0 Å². The van der Waals surface area contributed by atoms with Crippen molar-refractivity contribution in [1.29, 1.82) is 0 Å². The molecule has 0 aliphatic rings. The van der Waals surface area contributed by atoms with Gasteiger partial charge in [-0.05, 0) is 18.2 Å². The van der Waals surface area contributed by atoms with Crippen molar-refractivity contribution in [3.63, 3.8) is 0 Å². The lowest BCUT2D eigenvalue weighted by Crippen LogP contribution is -1.86. The predicted octanol–water partition coefficient (Wildman–Crippen LogP) is 2.49. The van der Waals surface area contributed by atoms with Gasteiger partial charge < -0.3 is 4.40 Å². The molecule has 3 rings (SSSR count). The minimum atomic E-state index is 1.05. The highest BCUT2D eigenvalue weighted by Crippen LogP contribution is 2.17. The Morgan fingerprint density at radius 2 is 1.92 bits per heavy atom. The van der Waals surface area contributed by atoms with Gasteiger partial charge in [-0.1, -0.05) is 18.2 Å².